The summed E-state index contributed by atoms with van der Waals surface area (Å²) in [6, 6.07) is 0. The zero-order valence-corrected chi connectivity index (χ0v) is 13.6. The van der Waals surface area contributed by atoms with Crippen LogP contribution in [-0.2, 0) is 9.53 Å². The van der Waals surface area contributed by atoms with Crippen LogP contribution >= 0.6 is 11.6 Å². The predicted octanol–water partition coefficient (Wildman–Crippen LogP) is 4.81. The molecule has 0 spiro atoms. The number of hydrogen-bond acceptors (Lipinski definition) is 2. The number of hydrogen-bond donors (Lipinski definition) is 0. The second-order valence-electron chi connectivity index (χ2n) is 7.59. The molecule has 3 atom stereocenters. The maximum Gasteiger partial charge on any atom is 0.335 e. The van der Waals surface area contributed by atoms with Gasteiger partial charge < -0.3 is 4.74 Å². The SMILES string of the molecule is CC1(C)[C@H]2CC[C@]1(C)[C@H](OC(=O)C1=C(Cl)CCCC1)C2. The molecule has 0 heterocycles. The number of rotatable bonds is 2. The van der Waals surface area contributed by atoms with E-state index in [0.29, 0.717) is 5.92 Å². The van der Waals surface area contributed by atoms with Crippen molar-refractivity contribution in [3.63, 3.8) is 0 Å². The fraction of sp³-hybridized carbons (Fsp3) is 0.824. The van der Waals surface area contributed by atoms with Gasteiger partial charge >= 0.3 is 5.97 Å². The summed E-state index contributed by atoms with van der Waals surface area (Å²) in [4.78, 5) is 12.4. The van der Waals surface area contributed by atoms with Gasteiger partial charge in [-0.05, 0) is 56.3 Å². The van der Waals surface area contributed by atoms with E-state index in [0.717, 1.165) is 42.7 Å². The Morgan fingerprint density at radius 1 is 1.25 bits per heavy atom. The Labute approximate surface area is 126 Å². The van der Waals surface area contributed by atoms with Gasteiger partial charge in [0.15, 0.2) is 0 Å². The molecule has 0 radical (unpaired) electrons. The zero-order valence-electron chi connectivity index (χ0n) is 12.8. The van der Waals surface area contributed by atoms with E-state index in [9.17, 15) is 4.79 Å². The number of halogens is 1. The van der Waals surface area contributed by atoms with E-state index >= 15 is 0 Å². The van der Waals surface area contributed by atoms with E-state index in [4.69, 9.17) is 16.3 Å². The topological polar surface area (TPSA) is 26.3 Å². The van der Waals surface area contributed by atoms with Crippen molar-refractivity contribution >= 4 is 17.6 Å². The smallest absolute Gasteiger partial charge is 0.335 e. The van der Waals surface area contributed by atoms with Crippen LogP contribution in [0.3, 0.4) is 0 Å². The average Bonchev–Trinajstić information content (AvgIpc) is 2.72. The largest absolute Gasteiger partial charge is 0.458 e. The number of carbonyl (C=O) groups excluding carboxylic acids is 1. The summed E-state index contributed by atoms with van der Waals surface area (Å²) in [6.45, 7) is 6.98. The molecule has 0 aromatic heterocycles. The Kier molecular flexibility index (Phi) is 3.44. The predicted molar refractivity (Wildman–Crippen MR) is 80.5 cm³/mol. The normalized spacial score (nSPS) is 39.2. The lowest BCUT2D eigenvalue weighted by Crippen LogP contribution is -2.38. The molecule has 2 saturated carbocycles. The van der Waals surface area contributed by atoms with E-state index in [2.05, 4.69) is 20.8 Å². The highest BCUT2D eigenvalue weighted by atomic mass is 35.5. The maximum absolute atomic E-state index is 12.4. The van der Waals surface area contributed by atoms with Crippen LogP contribution in [0.15, 0.2) is 10.6 Å². The van der Waals surface area contributed by atoms with Gasteiger partial charge in [-0.25, -0.2) is 4.79 Å². The third kappa shape index (κ3) is 1.94. The number of fused-ring (bicyclic) bond motifs is 2. The van der Waals surface area contributed by atoms with Gasteiger partial charge in [0.05, 0.1) is 5.57 Å². The Hall–Kier alpha value is -0.500. The van der Waals surface area contributed by atoms with Crippen molar-refractivity contribution in [2.45, 2.75) is 71.8 Å². The quantitative estimate of drug-likeness (QED) is 0.683. The molecule has 2 bridgehead atoms. The first-order valence-electron chi connectivity index (χ1n) is 7.95. The molecule has 3 aliphatic rings. The summed E-state index contributed by atoms with van der Waals surface area (Å²) >= 11 is 6.21. The first kappa shape index (κ1) is 14.4. The number of esters is 1. The molecule has 0 saturated heterocycles. The van der Waals surface area contributed by atoms with Crippen LogP contribution in [0.5, 0.6) is 0 Å². The molecule has 2 nitrogen and oxygen atoms in total. The molecule has 3 heteroatoms. The standard InChI is InChI=1S/C17H25ClO2/c1-16(2)11-8-9-17(16,3)14(10-11)20-15(19)12-6-4-5-7-13(12)18/h11,14H,4-10H2,1-3H3/t11-,14+,17+/m0/s1. The summed E-state index contributed by atoms with van der Waals surface area (Å²) in [5.41, 5.74) is 1.15. The Balaban J connectivity index is 1.75. The molecule has 20 heavy (non-hydrogen) atoms. The molecule has 112 valence electrons. The molecule has 0 N–H and O–H groups in total. The van der Waals surface area contributed by atoms with Crippen LogP contribution in [-0.4, -0.2) is 12.1 Å². The van der Waals surface area contributed by atoms with Gasteiger partial charge in [-0.2, -0.15) is 0 Å². The summed E-state index contributed by atoms with van der Waals surface area (Å²) < 4.78 is 5.91. The minimum atomic E-state index is -0.149. The lowest BCUT2D eigenvalue weighted by molar-refractivity contribution is -0.152. The van der Waals surface area contributed by atoms with Gasteiger partial charge in [0.1, 0.15) is 6.10 Å². The highest BCUT2D eigenvalue weighted by Crippen LogP contribution is 2.66. The summed E-state index contributed by atoms with van der Waals surface area (Å²) in [5.74, 6) is 0.547. The van der Waals surface area contributed by atoms with Crippen LogP contribution in [0.2, 0.25) is 0 Å². The lowest BCUT2D eigenvalue weighted by atomic mass is 9.70. The second kappa shape index (κ2) is 4.76. The van der Waals surface area contributed by atoms with Crippen LogP contribution in [0.1, 0.15) is 65.7 Å². The van der Waals surface area contributed by atoms with Gasteiger partial charge in [-0.3, -0.25) is 0 Å². The zero-order chi connectivity index (χ0) is 14.5. The van der Waals surface area contributed by atoms with Gasteiger partial charge in [0, 0.05) is 10.4 Å². The van der Waals surface area contributed by atoms with Crippen molar-refractivity contribution in [3.8, 4) is 0 Å². The Morgan fingerprint density at radius 3 is 2.50 bits per heavy atom. The molecule has 0 aliphatic heterocycles. The highest BCUT2D eigenvalue weighted by molar-refractivity contribution is 6.31. The Bertz CT molecular complexity index is 466. The number of carbonyl (C=O) groups is 1. The van der Waals surface area contributed by atoms with Crippen LogP contribution < -0.4 is 0 Å². The monoisotopic (exact) mass is 296 g/mol. The van der Waals surface area contributed by atoms with Crippen LogP contribution in [0, 0.1) is 16.7 Å². The average molecular weight is 297 g/mol. The molecule has 0 aromatic carbocycles. The molecule has 0 aromatic rings. The molecule has 0 amide bonds. The molecule has 3 rings (SSSR count). The fourth-order valence-corrected chi connectivity index (χ4v) is 4.90. The first-order valence-corrected chi connectivity index (χ1v) is 8.32. The summed E-state index contributed by atoms with van der Waals surface area (Å²) in [6.07, 6.45) is 7.32. The summed E-state index contributed by atoms with van der Waals surface area (Å²) in [7, 11) is 0. The molecule has 0 unspecified atom stereocenters. The minimum Gasteiger partial charge on any atom is -0.458 e. The van der Waals surface area contributed by atoms with E-state index in [-0.39, 0.29) is 22.9 Å². The van der Waals surface area contributed by atoms with E-state index in [1.807, 2.05) is 0 Å². The van der Waals surface area contributed by atoms with Gasteiger partial charge in [0.25, 0.3) is 0 Å². The molecule has 3 aliphatic carbocycles. The van der Waals surface area contributed by atoms with E-state index in [1.54, 1.807) is 0 Å². The fourth-order valence-electron chi connectivity index (χ4n) is 4.59. The lowest BCUT2D eigenvalue weighted by Gasteiger charge is -2.38. The molecular formula is C17H25ClO2. The minimum absolute atomic E-state index is 0.0719. The van der Waals surface area contributed by atoms with Crippen molar-refractivity contribution in [2.75, 3.05) is 0 Å². The van der Waals surface area contributed by atoms with Crippen LogP contribution in [0.25, 0.3) is 0 Å². The maximum atomic E-state index is 12.4. The molecular weight excluding hydrogens is 272 g/mol. The van der Waals surface area contributed by atoms with Crippen molar-refractivity contribution in [1.29, 1.82) is 0 Å². The first-order chi connectivity index (χ1) is 9.36. The van der Waals surface area contributed by atoms with Crippen molar-refractivity contribution in [2.24, 2.45) is 16.7 Å². The third-order valence-electron chi connectivity index (χ3n) is 6.61. The summed E-state index contributed by atoms with van der Waals surface area (Å²) in [5, 5.41) is 0.730. The van der Waals surface area contributed by atoms with Gasteiger partial charge in [-0.15, -0.1) is 0 Å². The second-order valence-corrected chi connectivity index (χ2v) is 8.05. The van der Waals surface area contributed by atoms with E-state index in [1.165, 1.54) is 12.8 Å². The van der Waals surface area contributed by atoms with Crippen molar-refractivity contribution in [1.82, 2.24) is 0 Å². The molecule has 2 fully saturated rings. The number of ether oxygens (including phenoxy) is 1. The number of allylic oxidation sites excluding steroid dienone is 1. The van der Waals surface area contributed by atoms with E-state index < -0.39 is 0 Å². The highest BCUT2D eigenvalue weighted by Gasteiger charge is 2.62. The van der Waals surface area contributed by atoms with Crippen LogP contribution in [0.4, 0.5) is 0 Å². The van der Waals surface area contributed by atoms with Gasteiger partial charge in [0.2, 0.25) is 0 Å². The Morgan fingerprint density at radius 2 is 1.95 bits per heavy atom. The van der Waals surface area contributed by atoms with Crippen molar-refractivity contribution < 1.29 is 9.53 Å². The van der Waals surface area contributed by atoms with Gasteiger partial charge in [-0.1, -0.05) is 32.4 Å². The third-order valence-corrected chi connectivity index (χ3v) is 7.03. The van der Waals surface area contributed by atoms with Crippen molar-refractivity contribution in [3.05, 3.63) is 10.6 Å².